The van der Waals surface area contributed by atoms with E-state index in [1.54, 1.807) is 0 Å². The molecule has 0 N–H and O–H groups in total. The fourth-order valence-electron chi connectivity index (χ4n) is 9.64. The summed E-state index contributed by atoms with van der Waals surface area (Å²) in [4.78, 5) is 0. The van der Waals surface area contributed by atoms with Gasteiger partial charge in [-0.15, -0.1) is 22.7 Å². The molecule has 1 aliphatic carbocycles. The van der Waals surface area contributed by atoms with Crippen LogP contribution in [0, 0.1) is 0 Å². The van der Waals surface area contributed by atoms with Crippen molar-refractivity contribution in [1.29, 1.82) is 0 Å². The first-order valence-corrected chi connectivity index (χ1v) is 20.1. The molecule has 2 heterocycles. The molecule has 0 saturated heterocycles. The van der Waals surface area contributed by atoms with Gasteiger partial charge in [0.15, 0.2) is 0 Å². The van der Waals surface area contributed by atoms with Crippen LogP contribution in [0.3, 0.4) is 0 Å². The van der Waals surface area contributed by atoms with Crippen molar-refractivity contribution in [3.8, 4) is 33.4 Å². The van der Waals surface area contributed by atoms with E-state index in [0.29, 0.717) is 0 Å². The lowest BCUT2D eigenvalue weighted by Gasteiger charge is -2.22. The van der Waals surface area contributed by atoms with Gasteiger partial charge in [-0.2, -0.15) is 0 Å². The molecule has 0 spiro atoms. The van der Waals surface area contributed by atoms with Gasteiger partial charge in [0.2, 0.25) is 0 Å². The number of hydrogen-bond acceptors (Lipinski definition) is 2. The second kappa shape index (κ2) is 10.6. The maximum Gasteiger partial charge on any atom is 0.0434 e. The third-order valence-electron chi connectivity index (χ3n) is 12.1. The van der Waals surface area contributed by atoms with Crippen LogP contribution in [-0.2, 0) is 5.41 Å². The van der Waals surface area contributed by atoms with E-state index in [9.17, 15) is 0 Å². The standard InChI is InChI=1S/C51H32S2/c1-51(2)42-17-9-7-11-31(42)41-27-29(20-25-43(41)51)47-33-13-3-5-15-35(33)48(36-16-6-4-14-34(36)47)30-19-21-40-46(28-30)52-45-26-24-39-37(49(40)45)22-23-38-32-12-8-10-18-44(32)53-50(38)39/h3-28H,1-2H3. The molecule has 0 radical (unpaired) electrons. The van der Waals surface area contributed by atoms with Crippen LogP contribution >= 0.6 is 22.7 Å². The summed E-state index contributed by atoms with van der Waals surface area (Å²) >= 11 is 3.83. The van der Waals surface area contributed by atoms with Crippen molar-refractivity contribution in [3.63, 3.8) is 0 Å². The molecule has 0 saturated carbocycles. The first-order chi connectivity index (χ1) is 26.0. The molecule has 2 aromatic heterocycles. The van der Waals surface area contributed by atoms with Crippen molar-refractivity contribution in [2.45, 2.75) is 19.3 Å². The Morgan fingerprint density at radius 2 is 0.906 bits per heavy atom. The highest BCUT2D eigenvalue weighted by molar-refractivity contribution is 7.27. The van der Waals surface area contributed by atoms with Crippen LogP contribution in [0.5, 0.6) is 0 Å². The Bertz CT molecular complexity index is 3310. The van der Waals surface area contributed by atoms with E-state index in [-0.39, 0.29) is 5.41 Å². The van der Waals surface area contributed by atoms with Crippen LogP contribution in [0.4, 0.5) is 0 Å². The van der Waals surface area contributed by atoms with Crippen LogP contribution in [0.1, 0.15) is 25.0 Å². The summed E-state index contributed by atoms with van der Waals surface area (Å²) in [5, 5.41) is 13.3. The van der Waals surface area contributed by atoms with Crippen LogP contribution in [-0.4, -0.2) is 0 Å². The van der Waals surface area contributed by atoms with Gasteiger partial charge in [0.25, 0.3) is 0 Å². The van der Waals surface area contributed by atoms with Gasteiger partial charge in [-0.3, -0.25) is 0 Å². The zero-order valence-corrected chi connectivity index (χ0v) is 31.0. The summed E-state index contributed by atoms with van der Waals surface area (Å²) in [5.74, 6) is 0. The van der Waals surface area contributed by atoms with Gasteiger partial charge in [0.05, 0.1) is 0 Å². The van der Waals surface area contributed by atoms with Gasteiger partial charge in [0.1, 0.15) is 0 Å². The molecule has 0 amide bonds. The van der Waals surface area contributed by atoms with E-state index in [1.165, 1.54) is 117 Å². The molecule has 0 nitrogen and oxygen atoms in total. The molecular weight excluding hydrogens is 677 g/mol. The number of fused-ring (bicyclic) bond motifs is 14. The van der Waals surface area contributed by atoms with E-state index >= 15 is 0 Å². The minimum absolute atomic E-state index is 0.0131. The van der Waals surface area contributed by atoms with Crippen molar-refractivity contribution in [3.05, 3.63) is 169 Å². The Labute approximate surface area is 315 Å². The highest BCUT2D eigenvalue weighted by Gasteiger charge is 2.35. The molecule has 11 aromatic rings. The number of hydrogen-bond donors (Lipinski definition) is 0. The van der Waals surface area contributed by atoms with Crippen LogP contribution in [0.25, 0.3) is 106 Å². The van der Waals surface area contributed by atoms with Gasteiger partial charge in [-0.25, -0.2) is 0 Å². The third-order valence-corrected chi connectivity index (χ3v) is 14.4. The van der Waals surface area contributed by atoms with Gasteiger partial charge in [-0.05, 0) is 95.7 Å². The Kier molecular flexibility index (Phi) is 5.97. The highest BCUT2D eigenvalue weighted by atomic mass is 32.1. The second-order valence-corrected chi connectivity index (χ2v) is 17.3. The van der Waals surface area contributed by atoms with Crippen molar-refractivity contribution in [2.75, 3.05) is 0 Å². The highest BCUT2D eigenvalue weighted by Crippen LogP contribution is 2.52. The lowest BCUT2D eigenvalue weighted by Crippen LogP contribution is -2.14. The maximum absolute atomic E-state index is 2.46. The molecule has 0 bridgehead atoms. The van der Waals surface area contributed by atoms with Gasteiger partial charge in [0, 0.05) is 51.1 Å². The minimum Gasteiger partial charge on any atom is -0.135 e. The van der Waals surface area contributed by atoms with Crippen LogP contribution < -0.4 is 0 Å². The SMILES string of the molecule is CC1(C)c2ccccc2-c2cc(-c3c4ccccc4c(-c4ccc5c(c4)sc4ccc6c(ccc7c8ccccc8sc76)c45)c4ccccc34)ccc21. The van der Waals surface area contributed by atoms with Gasteiger partial charge in [-0.1, -0.05) is 147 Å². The Balaban J connectivity index is 1.08. The molecule has 1 aliphatic rings. The molecule has 53 heavy (non-hydrogen) atoms. The fourth-order valence-corrected chi connectivity index (χ4v) is 12.0. The van der Waals surface area contributed by atoms with E-state index in [1.807, 2.05) is 22.7 Å². The van der Waals surface area contributed by atoms with Crippen LogP contribution in [0.15, 0.2) is 158 Å². The molecule has 0 aliphatic heterocycles. The quantitative estimate of drug-likeness (QED) is 0.157. The zero-order chi connectivity index (χ0) is 35.0. The first kappa shape index (κ1) is 29.7. The fraction of sp³-hybridized carbons (Fsp3) is 0.0588. The summed E-state index contributed by atoms with van der Waals surface area (Å²) in [6.07, 6.45) is 0. The summed E-state index contributed by atoms with van der Waals surface area (Å²) in [6, 6.07) is 59.6. The van der Waals surface area contributed by atoms with E-state index < -0.39 is 0 Å². The molecule has 0 fully saturated rings. The van der Waals surface area contributed by atoms with Crippen LogP contribution in [0.2, 0.25) is 0 Å². The van der Waals surface area contributed by atoms with Crippen molar-refractivity contribution in [1.82, 2.24) is 0 Å². The predicted molar refractivity (Wildman–Crippen MR) is 233 cm³/mol. The Morgan fingerprint density at radius 1 is 0.358 bits per heavy atom. The summed E-state index contributed by atoms with van der Waals surface area (Å²) < 4.78 is 5.41. The lowest BCUT2D eigenvalue weighted by atomic mass is 9.81. The van der Waals surface area contributed by atoms with E-state index in [2.05, 4.69) is 172 Å². The van der Waals surface area contributed by atoms with Crippen molar-refractivity contribution >= 4 is 95.3 Å². The smallest absolute Gasteiger partial charge is 0.0434 e. The lowest BCUT2D eigenvalue weighted by molar-refractivity contribution is 0.660. The summed E-state index contributed by atoms with van der Waals surface area (Å²) in [6.45, 7) is 4.72. The molecule has 248 valence electrons. The topological polar surface area (TPSA) is 0 Å². The maximum atomic E-state index is 2.46. The molecule has 2 heteroatoms. The largest absolute Gasteiger partial charge is 0.135 e. The molecule has 9 aromatic carbocycles. The van der Waals surface area contributed by atoms with E-state index in [4.69, 9.17) is 0 Å². The minimum atomic E-state index is -0.0131. The zero-order valence-electron chi connectivity index (χ0n) is 29.3. The van der Waals surface area contributed by atoms with E-state index in [0.717, 1.165) is 0 Å². The second-order valence-electron chi connectivity index (χ2n) is 15.2. The average Bonchev–Trinajstić information content (AvgIpc) is 3.84. The van der Waals surface area contributed by atoms with Gasteiger partial charge >= 0.3 is 0 Å². The van der Waals surface area contributed by atoms with Gasteiger partial charge < -0.3 is 0 Å². The third kappa shape index (κ3) is 4.00. The number of benzene rings is 9. The number of thiophene rings is 2. The monoisotopic (exact) mass is 708 g/mol. The number of rotatable bonds is 2. The summed E-state index contributed by atoms with van der Waals surface area (Å²) in [7, 11) is 0. The molecular formula is C51H32S2. The first-order valence-electron chi connectivity index (χ1n) is 18.4. The predicted octanol–water partition coefficient (Wildman–Crippen LogP) is 15.5. The Hall–Kier alpha value is -5.80. The molecule has 0 unspecified atom stereocenters. The Morgan fingerprint density at radius 3 is 1.66 bits per heavy atom. The molecule has 12 rings (SSSR count). The summed E-state index contributed by atoms with van der Waals surface area (Å²) in [5.41, 5.74) is 10.7. The van der Waals surface area contributed by atoms with Crippen molar-refractivity contribution < 1.29 is 0 Å². The molecule has 0 atom stereocenters. The normalized spacial score (nSPS) is 13.6. The van der Waals surface area contributed by atoms with Crippen molar-refractivity contribution in [2.24, 2.45) is 0 Å². The average molecular weight is 709 g/mol.